The highest BCUT2D eigenvalue weighted by atomic mass is 16.3. The van der Waals surface area contributed by atoms with Crippen molar-refractivity contribution in [3.8, 4) is 11.1 Å². The SMILES string of the molecule is Cc1ccccc1N(c1ccc2ccccc2c1-c1ccc2ccccc2c1)c1cccc2c1oc1ccccc12. The molecule has 0 bridgehead atoms. The fourth-order valence-corrected chi connectivity index (χ4v) is 6.21. The first kappa shape index (κ1) is 23.5. The summed E-state index contributed by atoms with van der Waals surface area (Å²) in [6.07, 6.45) is 0. The number of anilines is 3. The maximum atomic E-state index is 6.60. The maximum absolute atomic E-state index is 6.60. The fraction of sp³-hybridized carbons (Fsp3) is 0.0256. The van der Waals surface area contributed by atoms with Crippen LogP contribution in [0.2, 0.25) is 0 Å². The van der Waals surface area contributed by atoms with Gasteiger partial charge < -0.3 is 9.32 Å². The molecule has 8 aromatic rings. The van der Waals surface area contributed by atoms with Crippen LogP contribution in [0.4, 0.5) is 17.1 Å². The van der Waals surface area contributed by atoms with Gasteiger partial charge in [-0.25, -0.2) is 0 Å². The van der Waals surface area contributed by atoms with Crippen LogP contribution in [0.3, 0.4) is 0 Å². The van der Waals surface area contributed by atoms with Crippen molar-refractivity contribution in [3.05, 3.63) is 151 Å². The summed E-state index contributed by atoms with van der Waals surface area (Å²) in [6, 6.07) is 51.9. The molecule has 0 spiro atoms. The van der Waals surface area contributed by atoms with Gasteiger partial charge >= 0.3 is 0 Å². The third kappa shape index (κ3) is 3.80. The third-order valence-corrected chi connectivity index (χ3v) is 8.17. The van der Waals surface area contributed by atoms with Gasteiger partial charge in [-0.05, 0) is 69.9 Å². The van der Waals surface area contributed by atoms with E-state index < -0.39 is 0 Å². The van der Waals surface area contributed by atoms with Crippen molar-refractivity contribution in [2.24, 2.45) is 0 Å². The summed E-state index contributed by atoms with van der Waals surface area (Å²) in [5, 5.41) is 7.14. The highest BCUT2D eigenvalue weighted by Gasteiger charge is 2.24. The van der Waals surface area contributed by atoms with E-state index in [2.05, 4.69) is 145 Å². The molecule has 0 saturated carbocycles. The molecule has 7 aromatic carbocycles. The van der Waals surface area contributed by atoms with Crippen molar-refractivity contribution >= 4 is 60.5 Å². The normalized spacial score (nSPS) is 11.5. The van der Waals surface area contributed by atoms with Crippen LogP contribution in [0.25, 0.3) is 54.6 Å². The molecule has 194 valence electrons. The van der Waals surface area contributed by atoms with Crippen molar-refractivity contribution in [1.29, 1.82) is 0 Å². The summed E-state index contributed by atoms with van der Waals surface area (Å²) >= 11 is 0. The number of para-hydroxylation sites is 3. The Morgan fingerprint density at radius 2 is 1.12 bits per heavy atom. The topological polar surface area (TPSA) is 16.4 Å². The molecular weight excluding hydrogens is 498 g/mol. The maximum Gasteiger partial charge on any atom is 0.159 e. The zero-order chi connectivity index (χ0) is 27.3. The molecule has 0 unspecified atom stereocenters. The Labute approximate surface area is 238 Å². The molecule has 0 saturated heterocycles. The van der Waals surface area contributed by atoms with Crippen LogP contribution in [0.1, 0.15) is 5.56 Å². The van der Waals surface area contributed by atoms with Crippen LogP contribution < -0.4 is 4.90 Å². The van der Waals surface area contributed by atoms with Gasteiger partial charge in [-0.3, -0.25) is 0 Å². The first-order valence-corrected chi connectivity index (χ1v) is 14.0. The van der Waals surface area contributed by atoms with Crippen LogP contribution in [-0.4, -0.2) is 0 Å². The van der Waals surface area contributed by atoms with Gasteiger partial charge in [-0.2, -0.15) is 0 Å². The zero-order valence-electron chi connectivity index (χ0n) is 22.7. The number of rotatable bonds is 4. The van der Waals surface area contributed by atoms with Gasteiger partial charge in [0.05, 0.1) is 11.4 Å². The van der Waals surface area contributed by atoms with Crippen LogP contribution in [0.5, 0.6) is 0 Å². The number of furan rings is 1. The van der Waals surface area contributed by atoms with E-state index in [4.69, 9.17) is 4.42 Å². The molecule has 0 atom stereocenters. The summed E-state index contributed by atoms with van der Waals surface area (Å²) in [7, 11) is 0. The second-order valence-corrected chi connectivity index (χ2v) is 10.6. The van der Waals surface area contributed by atoms with Gasteiger partial charge in [0, 0.05) is 22.0 Å². The van der Waals surface area contributed by atoms with Gasteiger partial charge in [0.1, 0.15) is 5.58 Å². The molecule has 0 aliphatic carbocycles. The number of hydrogen-bond acceptors (Lipinski definition) is 2. The summed E-state index contributed by atoms with van der Waals surface area (Å²) < 4.78 is 6.60. The van der Waals surface area contributed by atoms with Crippen molar-refractivity contribution in [2.75, 3.05) is 4.90 Å². The third-order valence-electron chi connectivity index (χ3n) is 8.17. The van der Waals surface area contributed by atoms with E-state index in [0.717, 1.165) is 39.0 Å². The Kier molecular flexibility index (Phi) is 5.39. The standard InChI is InChI=1S/C39H27NO/c1-26-11-2-8-18-34(26)40(36-19-10-17-33-32-16-7-9-20-37(32)41-39(33)36)35-24-23-28-13-5-6-15-31(28)38(35)30-22-21-27-12-3-4-14-29(27)25-30/h2-25H,1H3. The van der Waals surface area contributed by atoms with Crippen LogP contribution in [0.15, 0.2) is 150 Å². The lowest BCUT2D eigenvalue weighted by Crippen LogP contribution is -2.13. The Hall–Kier alpha value is -5.34. The Morgan fingerprint density at radius 3 is 2.00 bits per heavy atom. The monoisotopic (exact) mass is 525 g/mol. The molecule has 0 radical (unpaired) electrons. The quantitative estimate of drug-likeness (QED) is 0.227. The highest BCUT2D eigenvalue weighted by molar-refractivity contribution is 6.12. The summed E-state index contributed by atoms with van der Waals surface area (Å²) in [5.74, 6) is 0. The zero-order valence-corrected chi connectivity index (χ0v) is 22.7. The average molecular weight is 526 g/mol. The lowest BCUT2D eigenvalue weighted by Gasteiger charge is -2.30. The Bertz CT molecular complexity index is 2240. The van der Waals surface area contributed by atoms with Gasteiger partial charge in [-0.1, -0.05) is 115 Å². The van der Waals surface area contributed by atoms with Gasteiger partial charge in [0.15, 0.2) is 5.58 Å². The summed E-state index contributed by atoms with van der Waals surface area (Å²) in [6.45, 7) is 2.18. The molecule has 1 heterocycles. The van der Waals surface area contributed by atoms with E-state index in [1.165, 1.54) is 38.2 Å². The van der Waals surface area contributed by atoms with E-state index >= 15 is 0 Å². The number of aryl methyl sites for hydroxylation is 1. The second-order valence-electron chi connectivity index (χ2n) is 10.6. The number of hydrogen-bond donors (Lipinski definition) is 0. The lowest BCUT2D eigenvalue weighted by molar-refractivity contribution is 0.669. The second kappa shape index (κ2) is 9.39. The van der Waals surface area contributed by atoms with Gasteiger partial charge in [0.25, 0.3) is 0 Å². The molecular formula is C39H27NO. The minimum atomic E-state index is 0.884. The fourth-order valence-electron chi connectivity index (χ4n) is 6.21. The predicted molar refractivity (Wildman–Crippen MR) is 174 cm³/mol. The Morgan fingerprint density at radius 1 is 0.463 bits per heavy atom. The summed E-state index contributed by atoms with van der Waals surface area (Å²) in [5.41, 5.74) is 8.61. The molecule has 2 nitrogen and oxygen atoms in total. The van der Waals surface area contributed by atoms with E-state index in [0.29, 0.717) is 0 Å². The van der Waals surface area contributed by atoms with Crippen molar-refractivity contribution in [3.63, 3.8) is 0 Å². The number of nitrogens with zero attached hydrogens (tertiary/aromatic N) is 1. The van der Waals surface area contributed by atoms with Crippen LogP contribution in [0, 0.1) is 6.92 Å². The van der Waals surface area contributed by atoms with Crippen LogP contribution in [-0.2, 0) is 0 Å². The number of benzene rings is 7. The van der Waals surface area contributed by atoms with E-state index in [-0.39, 0.29) is 0 Å². The molecule has 0 fully saturated rings. The average Bonchev–Trinajstić information content (AvgIpc) is 3.41. The molecule has 0 aliphatic heterocycles. The first-order valence-electron chi connectivity index (χ1n) is 14.0. The summed E-state index contributed by atoms with van der Waals surface area (Å²) in [4.78, 5) is 2.39. The molecule has 2 heteroatoms. The minimum absolute atomic E-state index is 0.884. The largest absolute Gasteiger partial charge is 0.454 e. The van der Waals surface area contributed by atoms with E-state index in [9.17, 15) is 0 Å². The predicted octanol–water partition coefficient (Wildman–Crippen LogP) is 11.3. The van der Waals surface area contributed by atoms with E-state index in [1.807, 2.05) is 12.1 Å². The minimum Gasteiger partial charge on any atom is -0.454 e. The first-order chi connectivity index (χ1) is 20.3. The van der Waals surface area contributed by atoms with Crippen molar-refractivity contribution in [2.45, 2.75) is 6.92 Å². The molecule has 0 amide bonds. The highest BCUT2D eigenvalue weighted by Crippen LogP contribution is 2.48. The molecule has 0 N–H and O–H groups in total. The van der Waals surface area contributed by atoms with Crippen LogP contribution >= 0.6 is 0 Å². The van der Waals surface area contributed by atoms with E-state index in [1.54, 1.807) is 0 Å². The Balaban J connectivity index is 1.49. The molecule has 0 aliphatic rings. The molecule has 1 aromatic heterocycles. The number of fused-ring (bicyclic) bond motifs is 5. The van der Waals surface area contributed by atoms with Gasteiger partial charge in [-0.15, -0.1) is 0 Å². The lowest BCUT2D eigenvalue weighted by atomic mass is 9.93. The van der Waals surface area contributed by atoms with Crippen molar-refractivity contribution < 1.29 is 4.42 Å². The van der Waals surface area contributed by atoms with Gasteiger partial charge in [0.2, 0.25) is 0 Å². The molecule has 41 heavy (non-hydrogen) atoms. The van der Waals surface area contributed by atoms with Crippen molar-refractivity contribution in [1.82, 2.24) is 0 Å². The smallest absolute Gasteiger partial charge is 0.159 e. The molecule has 8 rings (SSSR count).